The summed E-state index contributed by atoms with van der Waals surface area (Å²) in [5.74, 6) is -0.416. The Kier molecular flexibility index (Phi) is 5.55. The first-order chi connectivity index (χ1) is 16.3. The maximum absolute atomic E-state index is 13.3. The number of hydrogen-bond acceptors (Lipinski definition) is 4. The smallest absolute Gasteiger partial charge is 0.342 e. The molecule has 0 N–H and O–H groups in total. The van der Waals surface area contributed by atoms with Gasteiger partial charge in [-0.1, -0.05) is 66.7 Å². The Morgan fingerprint density at radius 3 is 2.06 bits per heavy atom. The molecular formula is C27H22N4O2. The number of ether oxygens (including phenoxy) is 1. The summed E-state index contributed by atoms with van der Waals surface area (Å²) in [6, 6.07) is 29.4. The fraction of sp³-hybridized carbons (Fsp3) is 0.0741. The second kappa shape index (κ2) is 8.96. The number of aromatic nitrogens is 4. The van der Waals surface area contributed by atoms with E-state index in [2.05, 4.69) is 5.10 Å². The monoisotopic (exact) mass is 434 g/mol. The molecule has 2 heterocycles. The Labute approximate surface area is 191 Å². The van der Waals surface area contributed by atoms with Gasteiger partial charge >= 0.3 is 5.97 Å². The van der Waals surface area contributed by atoms with E-state index in [1.165, 1.54) is 0 Å². The minimum Gasteiger partial charge on any atom is -0.462 e. The third-order valence-electron chi connectivity index (χ3n) is 5.29. The number of para-hydroxylation sites is 2. The first kappa shape index (κ1) is 20.5. The van der Waals surface area contributed by atoms with Crippen LogP contribution in [-0.4, -0.2) is 32.1 Å². The minimum atomic E-state index is -0.416. The number of carbonyl (C=O) groups is 1. The summed E-state index contributed by atoms with van der Waals surface area (Å²) in [7, 11) is 0. The van der Waals surface area contributed by atoms with E-state index in [1.807, 2.05) is 97.2 Å². The number of benzene rings is 3. The number of rotatable bonds is 6. The van der Waals surface area contributed by atoms with Crippen molar-refractivity contribution in [3.8, 4) is 33.9 Å². The molecule has 162 valence electrons. The second-order valence-corrected chi connectivity index (χ2v) is 7.42. The topological polar surface area (TPSA) is 61.9 Å². The summed E-state index contributed by atoms with van der Waals surface area (Å²) in [5, 5.41) is 9.41. The lowest BCUT2D eigenvalue weighted by molar-refractivity contribution is 0.0528. The molecule has 0 atom stereocenters. The molecule has 0 unspecified atom stereocenters. The van der Waals surface area contributed by atoms with Crippen LogP contribution in [0.25, 0.3) is 33.9 Å². The molecule has 0 aliphatic rings. The molecule has 0 fully saturated rings. The van der Waals surface area contributed by atoms with Crippen LogP contribution in [0.4, 0.5) is 0 Å². The zero-order chi connectivity index (χ0) is 22.6. The summed E-state index contributed by atoms with van der Waals surface area (Å²) in [5.41, 5.74) is 5.00. The summed E-state index contributed by atoms with van der Waals surface area (Å²) >= 11 is 0. The molecule has 2 aromatic heterocycles. The van der Waals surface area contributed by atoms with Crippen LogP contribution >= 0.6 is 0 Å². The van der Waals surface area contributed by atoms with Gasteiger partial charge in [-0.2, -0.15) is 10.2 Å². The van der Waals surface area contributed by atoms with E-state index >= 15 is 0 Å². The fourth-order valence-corrected chi connectivity index (χ4v) is 3.80. The third-order valence-corrected chi connectivity index (χ3v) is 5.29. The lowest BCUT2D eigenvalue weighted by atomic mass is 10.0. The van der Waals surface area contributed by atoms with Crippen LogP contribution in [-0.2, 0) is 4.74 Å². The standard InChI is InChI=1S/C27H22N4O2/c1-2-33-27(32)24-25(21-18-28-30(19-21)22-14-8-4-9-15-22)29-31(23-16-10-5-11-17-23)26(24)20-12-6-3-7-13-20/h3-19H,2H2,1H3. The van der Waals surface area contributed by atoms with Crippen molar-refractivity contribution in [2.45, 2.75) is 6.92 Å². The highest BCUT2D eigenvalue weighted by atomic mass is 16.5. The Bertz CT molecular complexity index is 1370. The summed E-state index contributed by atoms with van der Waals surface area (Å²) in [6.07, 6.45) is 3.60. The minimum absolute atomic E-state index is 0.270. The molecule has 0 saturated carbocycles. The van der Waals surface area contributed by atoms with Crippen LogP contribution in [0.15, 0.2) is 103 Å². The van der Waals surface area contributed by atoms with Gasteiger partial charge in [-0.15, -0.1) is 0 Å². The lowest BCUT2D eigenvalue weighted by Gasteiger charge is -2.10. The SMILES string of the molecule is CCOC(=O)c1c(-c2cnn(-c3ccccc3)c2)nn(-c2ccccc2)c1-c1ccccc1. The molecule has 3 aromatic carbocycles. The predicted molar refractivity (Wildman–Crippen MR) is 128 cm³/mol. The molecule has 6 nitrogen and oxygen atoms in total. The molecule has 0 radical (unpaired) electrons. The highest BCUT2D eigenvalue weighted by molar-refractivity contribution is 6.02. The quantitative estimate of drug-likeness (QED) is 0.328. The summed E-state index contributed by atoms with van der Waals surface area (Å²) in [6.45, 7) is 2.07. The van der Waals surface area contributed by atoms with Gasteiger partial charge in [-0.25, -0.2) is 14.2 Å². The van der Waals surface area contributed by atoms with Crippen LogP contribution in [0.3, 0.4) is 0 Å². The van der Waals surface area contributed by atoms with E-state index in [1.54, 1.807) is 22.5 Å². The van der Waals surface area contributed by atoms with Crippen molar-refractivity contribution in [2.24, 2.45) is 0 Å². The maximum atomic E-state index is 13.3. The molecule has 0 aliphatic heterocycles. The molecule has 0 saturated heterocycles. The van der Waals surface area contributed by atoms with Crippen LogP contribution in [0.2, 0.25) is 0 Å². The van der Waals surface area contributed by atoms with Gasteiger partial charge in [0.15, 0.2) is 0 Å². The summed E-state index contributed by atoms with van der Waals surface area (Å²) in [4.78, 5) is 13.3. The molecule has 0 bridgehead atoms. The van der Waals surface area contributed by atoms with Crippen molar-refractivity contribution < 1.29 is 9.53 Å². The van der Waals surface area contributed by atoms with Crippen molar-refractivity contribution in [1.82, 2.24) is 19.6 Å². The van der Waals surface area contributed by atoms with Crippen LogP contribution in [0.1, 0.15) is 17.3 Å². The van der Waals surface area contributed by atoms with Crippen molar-refractivity contribution >= 4 is 5.97 Å². The first-order valence-corrected chi connectivity index (χ1v) is 10.8. The number of hydrogen-bond donors (Lipinski definition) is 0. The highest BCUT2D eigenvalue weighted by Crippen LogP contribution is 2.35. The molecule has 0 aliphatic carbocycles. The number of nitrogens with zero attached hydrogens (tertiary/aromatic N) is 4. The van der Waals surface area contributed by atoms with Crippen molar-refractivity contribution in [2.75, 3.05) is 6.61 Å². The molecular weight excluding hydrogens is 412 g/mol. The van der Waals surface area contributed by atoms with E-state index < -0.39 is 5.97 Å². The van der Waals surface area contributed by atoms with Gasteiger partial charge in [-0.3, -0.25) is 0 Å². The van der Waals surface area contributed by atoms with Gasteiger partial charge in [0.2, 0.25) is 0 Å². The molecule has 5 rings (SSSR count). The van der Waals surface area contributed by atoms with Gasteiger partial charge in [0.25, 0.3) is 0 Å². The van der Waals surface area contributed by atoms with Crippen molar-refractivity contribution in [3.05, 3.63) is 109 Å². The molecule has 33 heavy (non-hydrogen) atoms. The Balaban J connectivity index is 1.75. The molecule has 0 spiro atoms. The van der Waals surface area contributed by atoms with Gasteiger partial charge < -0.3 is 4.74 Å². The summed E-state index contributed by atoms with van der Waals surface area (Å²) < 4.78 is 9.05. The predicted octanol–water partition coefficient (Wildman–Crippen LogP) is 5.57. The second-order valence-electron chi connectivity index (χ2n) is 7.42. The molecule has 0 amide bonds. The number of esters is 1. The Morgan fingerprint density at radius 2 is 1.42 bits per heavy atom. The van der Waals surface area contributed by atoms with Gasteiger partial charge in [0.05, 0.1) is 29.9 Å². The van der Waals surface area contributed by atoms with Crippen molar-refractivity contribution in [3.63, 3.8) is 0 Å². The van der Waals surface area contributed by atoms with E-state index in [4.69, 9.17) is 9.84 Å². The van der Waals surface area contributed by atoms with Gasteiger partial charge in [0.1, 0.15) is 11.3 Å². The van der Waals surface area contributed by atoms with Crippen LogP contribution in [0, 0.1) is 0 Å². The van der Waals surface area contributed by atoms with Crippen molar-refractivity contribution in [1.29, 1.82) is 0 Å². The van der Waals surface area contributed by atoms with E-state index in [9.17, 15) is 4.79 Å². The van der Waals surface area contributed by atoms with Gasteiger partial charge in [-0.05, 0) is 31.2 Å². The average Bonchev–Trinajstić information content (AvgIpc) is 3.51. The highest BCUT2D eigenvalue weighted by Gasteiger charge is 2.28. The van der Waals surface area contributed by atoms with E-state index in [-0.39, 0.29) is 6.61 Å². The van der Waals surface area contributed by atoms with Gasteiger partial charge in [0, 0.05) is 17.3 Å². The van der Waals surface area contributed by atoms with E-state index in [0.717, 1.165) is 22.5 Å². The Hall–Kier alpha value is -4.45. The molecule has 5 aromatic rings. The zero-order valence-corrected chi connectivity index (χ0v) is 18.1. The maximum Gasteiger partial charge on any atom is 0.342 e. The van der Waals surface area contributed by atoms with E-state index in [0.29, 0.717) is 17.0 Å². The lowest BCUT2D eigenvalue weighted by Crippen LogP contribution is -2.08. The van der Waals surface area contributed by atoms with Crippen LogP contribution < -0.4 is 0 Å². The fourth-order valence-electron chi connectivity index (χ4n) is 3.80. The number of carbonyl (C=O) groups excluding carboxylic acids is 1. The first-order valence-electron chi connectivity index (χ1n) is 10.8. The average molecular weight is 434 g/mol. The zero-order valence-electron chi connectivity index (χ0n) is 18.1. The molecule has 6 heteroatoms. The normalized spacial score (nSPS) is 10.8. The Morgan fingerprint density at radius 1 is 0.818 bits per heavy atom. The largest absolute Gasteiger partial charge is 0.462 e. The van der Waals surface area contributed by atoms with Crippen LogP contribution in [0.5, 0.6) is 0 Å². The third kappa shape index (κ3) is 3.94.